The van der Waals surface area contributed by atoms with Crippen LogP contribution in [0.4, 0.5) is 0 Å². The van der Waals surface area contributed by atoms with Crippen molar-refractivity contribution in [1.29, 1.82) is 0 Å². The predicted molar refractivity (Wildman–Crippen MR) is 80.4 cm³/mol. The zero-order valence-corrected chi connectivity index (χ0v) is 11.1. The lowest BCUT2D eigenvalue weighted by Gasteiger charge is -2.09. The fourth-order valence-electron chi connectivity index (χ4n) is 2.20. The smallest absolute Gasteiger partial charge is 0.130 e. The Morgan fingerprint density at radius 2 is 1.60 bits per heavy atom. The minimum absolute atomic E-state index is 0.446. The zero-order valence-electron chi connectivity index (χ0n) is 11.1. The Bertz CT molecular complexity index is 720. The van der Waals surface area contributed by atoms with Crippen LogP contribution in [0.1, 0.15) is 11.4 Å². The summed E-state index contributed by atoms with van der Waals surface area (Å²) in [6.07, 6.45) is 0. The fraction of sp³-hybridized carbons (Fsp3) is 0.118. The zero-order chi connectivity index (χ0) is 13.8. The summed E-state index contributed by atoms with van der Waals surface area (Å²) in [7, 11) is 0. The van der Waals surface area contributed by atoms with Crippen molar-refractivity contribution in [3.63, 3.8) is 0 Å². The third kappa shape index (κ3) is 2.63. The molecule has 3 heteroatoms. The molecule has 20 heavy (non-hydrogen) atoms. The van der Waals surface area contributed by atoms with E-state index in [-0.39, 0.29) is 0 Å². The molecule has 3 nitrogen and oxygen atoms in total. The molecule has 0 saturated carbocycles. The Morgan fingerprint density at radius 3 is 2.50 bits per heavy atom. The number of aromatic nitrogens is 1. The lowest BCUT2D eigenvalue weighted by atomic mass is 10.1. The first-order valence-electron chi connectivity index (χ1n) is 6.62. The van der Waals surface area contributed by atoms with E-state index in [1.807, 2.05) is 42.5 Å². The summed E-state index contributed by atoms with van der Waals surface area (Å²) in [4.78, 5) is 4.44. The number of fused-ring (bicyclic) bond motifs is 1. The molecule has 1 aromatic heterocycles. The first kappa shape index (κ1) is 12.6. The van der Waals surface area contributed by atoms with Crippen molar-refractivity contribution in [2.45, 2.75) is 13.2 Å². The van der Waals surface area contributed by atoms with E-state index in [9.17, 15) is 0 Å². The Morgan fingerprint density at radius 1 is 0.850 bits per heavy atom. The molecule has 0 aliphatic heterocycles. The first-order chi connectivity index (χ1) is 9.86. The van der Waals surface area contributed by atoms with Gasteiger partial charge in [0.1, 0.15) is 12.4 Å². The summed E-state index contributed by atoms with van der Waals surface area (Å²) in [5.74, 6) is 0.878. The largest absolute Gasteiger partial charge is 0.487 e. The maximum atomic E-state index is 5.90. The molecule has 0 aliphatic carbocycles. The maximum Gasteiger partial charge on any atom is 0.130 e. The topological polar surface area (TPSA) is 48.1 Å². The molecule has 0 radical (unpaired) electrons. The Hall–Kier alpha value is -2.39. The summed E-state index contributed by atoms with van der Waals surface area (Å²) in [6.45, 7) is 0.893. The molecular formula is C17H16N2O. The van der Waals surface area contributed by atoms with Crippen LogP contribution >= 0.6 is 0 Å². The highest BCUT2D eigenvalue weighted by molar-refractivity contribution is 5.88. The van der Waals surface area contributed by atoms with Crippen molar-refractivity contribution < 1.29 is 4.74 Å². The lowest BCUT2D eigenvalue weighted by Crippen LogP contribution is -2.04. The lowest BCUT2D eigenvalue weighted by molar-refractivity contribution is 0.304. The number of benzene rings is 2. The van der Waals surface area contributed by atoms with Crippen molar-refractivity contribution in [2.75, 3.05) is 0 Å². The molecule has 1 heterocycles. The highest BCUT2D eigenvalue weighted by Crippen LogP contribution is 2.25. The second-order valence-corrected chi connectivity index (χ2v) is 4.59. The van der Waals surface area contributed by atoms with Crippen LogP contribution in [0.3, 0.4) is 0 Å². The molecule has 3 aromatic rings. The summed E-state index contributed by atoms with van der Waals surface area (Å²) >= 11 is 0. The fourth-order valence-corrected chi connectivity index (χ4v) is 2.20. The van der Waals surface area contributed by atoms with Gasteiger partial charge >= 0.3 is 0 Å². The highest BCUT2D eigenvalue weighted by Gasteiger charge is 2.02. The van der Waals surface area contributed by atoms with Gasteiger partial charge in [0.05, 0.1) is 11.4 Å². The SMILES string of the molecule is NCc1cccc(COc2cccc3ccccc23)n1. The Balaban J connectivity index is 1.83. The van der Waals surface area contributed by atoms with E-state index in [0.717, 1.165) is 22.5 Å². The molecular weight excluding hydrogens is 248 g/mol. The minimum Gasteiger partial charge on any atom is -0.487 e. The monoisotopic (exact) mass is 264 g/mol. The van der Waals surface area contributed by atoms with Crippen molar-refractivity contribution in [3.05, 3.63) is 72.1 Å². The van der Waals surface area contributed by atoms with Gasteiger partial charge in [0, 0.05) is 11.9 Å². The molecule has 0 atom stereocenters. The minimum atomic E-state index is 0.446. The molecule has 0 spiro atoms. The second-order valence-electron chi connectivity index (χ2n) is 4.59. The Labute approximate surface area is 118 Å². The third-order valence-electron chi connectivity index (χ3n) is 3.20. The van der Waals surface area contributed by atoms with Crippen LogP contribution < -0.4 is 10.5 Å². The van der Waals surface area contributed by atoms with Gasteiger partial charge < -0.3 is 10.5 Å². The average molecular weight is 264 g/mol. The second kappa shape index (κ2) is 5.72. The number of hydrogen-bond acceptors (Lipinski definition) is 3. The van der Waals surface area contributed by atoms with E-state index in [0.29, 0.717) is 13.2 Å². The van der Waals surface area contributed by atoms with E-state index in [1.54, 1.807) is 0 Å². The standard InChI is InChI=1S/C17H16N2O/c18-11-14-7-4-8-15(19-14)12-20-17-10-3-6-13-5-1-2-9-16(13)17/h1-10H,11-12,18H2. The summed E-state index contributed by atoms with van der Waals surface area (Å²) in [5.41, 5.74) is 7.37. The van der Waals surface area contributed by atoms with Crippen LogP contribution in [0.15, 0.2) is 60.7 Å². The van der Waals surface area contributed by atoms with Gasteiger partial charge in [0.2, 0.25) is 0 Å². The molecule has 0 fully saturated rings. The van der Waals surface area contributed by atoms with Crippen LogP contribution in [0.25, 0.3) is 10.8 Å². The molecule has 0 bridgehead atoms. The third-order valence-corrected chi connectivity index (χ3v) is 3.20. The molecule has 2 N–H and O–H groups in total. The molecule has 100 valence electrons. The van der Waals surface area contributed by atoms with Crippen LogP contribution in [0.2, 0.25) is 0 Å². The summed E-state index contributed by atoms with van der Waals surface area (Å²) < 4.78 is 5.90. The summed E-state index contributed by atoms with van der Waals surface area (Å²) in [5, 5.41) is 2.29. The van der Waals surface area contributed by atoms with Crippen LogP contribution in [-0.2, 0) is 13.2 Å². The average Bonchev–Trinajstić information content (AvgIpc) is 2.53. The van der Waals surface area contributed by atoms with Gasteiger partial charge in [0.15, 0.2) is 0 Å². The van der Waals surface area contributed by atoms with Gasteiger partial charge in [-0.1, -0.05) is 42.5 Å². The Kier molecular flexibility index (Phi) is 3.61. The number of rotatable bonds is 4. The van der Waals surface area contributed by atoms with Gasteiger partial charge in [-0.25, -0.2) is 0 Å². The quantitative estimate of drug-likeness (QED) is 0.786. The molecule has 2 aromatic carbocycles. The summed E-state index contributed by atoms with van der Waals surface area (Å²) in [6, 6.07) is 20.1. The van der Waals surface area contributed by atoms with E-state index in [4.69, 9.17) is 10.5 Å². The normalized spacial score (nSPS) is 10.7. The molecule has 0 amide bonds. The van der Waals surface area contributed by atoms with Gasteiger partial charge in [-0.05, 0) is 23.6 Å². The number of nitrogens with zero attached hydrogens (tertiary/aromatic N) is 1. The number of hydrogen-bond donors (Lipinski definition) is 1. The number of pyridine rings is 1. The van der Waals surface area contributed by atoms with Gasteiger partial charge in [-0.2, -0.15) is 0 Å². The predicted octanol–water partition coefficient (Wildman–Crippen LogP) is 3.27. The van der Waals surface area contributed by atoms with E-state index < -0.39 is 0 Å². The van der Waals surface area contributed by atoms with Crippen molar-refractivity contribution >= 4 is 10.8 Å². The van der Waals surface area contributed by atoms with Crippen LogP contribution in [-0.4, -0.2) is 4.98 Å². The maximum absolute atomic E-state index is 5.90. The van der Waals surface area contributed by atoms with Crippen molar-refractivity contribution in [2.24, 2.45) is 5.73 Å². The van der Waals surface area contributed by atoms with E-state index in [1.165, 1.54) is 5.39 Å². The number of nitrogens with two attached hydrogens (primary N) is 1. The van der Waals surface area contributed by atoms with E-state index >= 15 is 0 Å². The molecule has 0 saturated heterocycles. The molecule has 0 aliphatic rings. The van der Waals surface area contributed by atoms with Gasteiger partial charge in [-0.3, -0.25) is 4.98 Å². The van der Waals surface area contributed by atoms with E-state index in [2.05, 4.69) is 23.2 Å². The van der Waals surface area contributed by atoms with Crippen molar-refractivity contribution in [1.82, 2.24) is 4.98 Å². The van der Waals surface area contributed by atoms with Gasteiger partial charge in [-0.15, -0.1) is 0 Å². The molecule has 0 unspecified atom stereocenters. The van der Waals surface area contributed by atoms with Crippen molar-refractivity contribution in [3.8, 4) is 5.75 Å². The van der Waals surface area contributed by atoms with Gasteiger partial charge in [0.25, 0.3) is 0 Å². The van der Waals surface area contributed by atoms with Crippen LogP contribution in [0.5, 0.6) is 5.75 Å². The van der Waals surface area contributed by atoms with Crippen LogP contribution in [0, 0.1) is 0 Å². The highest BCUT2D eigenvalue weighted by atomic mass is 16.5. The first-order valence-corrected chi connectivity index (χ1v) is 6.62. The molecule has 3 rings (SSSR count). The number of ether oxygens (including phenoxy) is 1.